The Morgan fingerprint density at radius 3 is 2.37 bits per heavy atom. The summed E-state index contributed by atoms with van der Waals surface area (Å²) in [7, 11) is 1.58. The van der Waals surface area contributed by atoms with Gasteiger partial charge in [-0.25, -0.2) is 4.79 Å². The van der Waals surface area contributed by atoms with Crippen LogP contribution < -0.4 is 15.4 Å². The summed E-state index contributed by atoms with van der Waals surface area (Å²) in [4.78, 5) is 11.7. The van der Waals surface area contributed by atoms with Crippen molar-refractivity contribution >= 4 is 17.4 Å². The minimum absolute atomic E-state index is 0.0207. The Bertz CT molecular complexity index is 567. The maximum absolute atomic E-state index is 11.7. The molecule has 0 bridgehead atoms. The van der Waals surface area contributed by atoms with Crippen LogP contribution in [0.2, 0.25) is 0 Å². The third-order valence-electron chi connectivity index (χ3n) is 2.50. The van der Waals surface area contributed by atoms with Crippen molar-refractivity contribution in [1.82, 2.24) is 0 Å². The summed E-state index contributed by atoms with van der Waals surface area (Å²) in [5, 5.41) is 14.7. The molecule has 0 saturated carbocycles. The molecule has 5 heteroatoms. The highest BCUT2D eigenvalue weighted by Crippen LogP contribution is 2.22. The summed E-state index contributed by atoms with van der Waals surface area (Å²) in [6.07, 6.45) is 0. The zero-order valence-corrected chi connectivity index (χ0v) is 10.4. The van der Waals surface area contributed by atoms with Crippen LogP contribution in [-0.4, -0.2) is 18.2 Å². The molecular formula is C14H14N2O3. The average Bonchev–Trinajstić information content (AvgIpc) is 2.42. The molecule has 19 heavy (non-hydrogen) atoms. The zero-order chi connectivity index (χ0) is 13.7. The number of phenols is 1. The lowest BCUT2D eigenvalue weighted by Crippen LogP contribution is -2.19. The SMILES string of the molecule is COc1ccc(NC(=O)Nc2ccccc2O)cc1. The number of ether oxygens (including phenoxy) is 1. The van der Waals surface area contributed by atoms with E-state index >= 15 is 0 Å². The highest BCUT2D eigenvalue weighted by molar-refractivity contribution is 6.00. The molecule has 2 aromatic rings. The van der Waals surface area contributed by atoms with Crippen molar-refractivity contribution in [3.8, 4) is 11.5 Å². The first-order chi connectivity index (χ1) is 9.19. The van der Waals surface area contributed by atoms with Gasteiger partial charge in [-0.15, -0.1) is 0 Å². The second kappa shape index (κ2) is 5.77. The van der Waals surface area contributed by atoms with E-state index in [0.717, 1.165) is 0 Å². The molecule has 2 amide bonds. The molecule has 3 N–H and O–H groups in total. The molecule has 0 heterocycles. The van der Waals surface area contributed by atoms with Crippen LogP contribution in [-0.2, 0) is 0 Å². The van der Waals surface area contributed by atoms with Gasteiger partial charge in [-0.3, -0.25) is 0 Å². The van der Waals surface area contributed by atoms with Gasteiger partial charge in [0.2, 0.25) is 0 Å². The minimum atomic E-state index is -0.424. The monoisotopic (exact) mass is 258 g/mol. The third-order valence-corrected chi connectivity index (χ3v) is 2.50. The van der Waals surface area contributed by atoms with Gasteiger partial charge in [-0.05, 0) is 36.4 Å². The van der Waals surface area contributed by atoms with E-state index in [0.29, 0.717) is 17.1 Å². The Kier molecular flexibility index (Phi) is 3.87. The van der Waals surface area contributed by atoms with E-state index in [2.05, 4.69) is 10.6 Å². The highest BCUT2D eigenvalue weighted by Gasteiger charge is 2.05. The molecule has 0 aliphatic heterocycles. The lowest BCUT2D eigenvalue weighted by Gasteiger charge is -2.09. The molecular weight excluding hydrogens is 244 g/mol. The smallest absolute Gasteiger partial charge is 0.323 e. The Labute approximate surface area is 110 Å². The number of rotatable bonds is 3. The van der Waals surface area contributed by atoms with Gasteiger partial charge in [-0.2, -0.15) is 0 Å². The molecule has 0 fully saturated rings. The van der Waals surface area contributed by atoms with Crippen LogP contribution in [0.5, 0.6) is 11.5 Å². The number of amides is 2. The fourth-order valence-corrected chi connectivity index (χ4v) is 1.54. The first-order valence-electron chi connectivity index (χ1n) is 5.69. The number of anilines is 2. The molecule has 2 aromatic carbocycles. The highest BCUT2D eigenvalue weighted by atomic mass is 16.5. The number of para-hydroxylation sites is 2. The van der Waals surface area contributed by atoms with Crippen molar-refractivity contribution in [1.29, 1.82) is 0 Å². The molecule has 0 aromatic heterocycles. The van der Waals surface area contributed by atoms with Gasteiger partial charge in [0, 0.05) is 5.69 Å². The standard InChI is InChI=1S/C14H14N2O3/c1-19-11-8-6-10(7-9-11)15-14(18)16-12-4-2-3-5-13(12)17/h2-9,17H,1H3,(H2,15,16,18). The van der Waals surface area contributed by atoms with Crippen LogP contribution in [0.25, 0.3) is 0 Å². The summed E-state index contributed by atoms with van der Waals surface area (Å²) >= 11 is 0. The lowest BCUT2D eigenvalue weighted by molar-refractivity contribution is 0.262. The average molecular weight is 258 g/mol. The molecule has 98 valence electrons. The topological polar surface area (TPSA) is 70.6 Å². The minimum Gasteiger partial charge on any atom is -0.506 e. The molecule has 0 aliphatic carbocycles. The van der Waals surface area contributed by atoms with E-state index in [1.165, 1.54) is 6.07 Å². The number of hydrogen-bond donors (Lipinski definition) is 3. The number of nitrogens with one attached hydrogen (secondary N) is 2. The van der Waals surface area contributed by atoms with E-state index in [9.17, 15) is 9.90 Å². The number of phenolic OH excluding ortho intramolecular Hbond substituents is 1. The largest absolute Gasteiger partial charge is 0.506 e. The predicted molar refractivity (Wildman–Crippen MR) is 73.7 cm³/mol. The number of aromatic hydroxyl groups is 1. The Balaban J connectivity index is 1.99. The van der Waals surface area contributed by atoms with Crippen LogP contribution in [0.15, 0.2) is 48.5 Å². The second-order valence-electron chi connectivity index (χ2n) is 3.82. The maximum atomic E-state index is 11.7. The van der Waals surface area contributed by atoms with Crippen molar-refractivity contribution in [3.63, 3.8) is 0 Å². The number of carbonyl (C=O) groups is 1. The van der Waals surface area contributed by atoms with E-state index in [-0.39, 0.29) is 5.75 Å². The number of urea groups is 1. The first kappa shape index (κ1) is 12.8. The van der Waals surface area contributed by atoms with Gasteiger partial charge in [0.05, 0.1) is 12.8 Å². The number of benzene rings is 2. The molecule has 0 aliphatic rings. The summed E-state index contributed by atoms with van der Waals surface area (Å²) in [6.45, 7) is 0. The van der Waals surface area contributed by atoms with Gasteiger partial charge in [0.1, 0.15) is 11.5 Å². The van der Waals surface area contributed by atoms with Crippen LogP contribution in [0.3, 0.4) is 0 Å². The van der Waals surface area contributed by atoms with Gasteiger partial charge in [0.15, 0.2) is 0 Å². The van der Waals surface area contributed by atoms with Crippen LogP contribution >= 0.6 is 0 Å². The van der Waals surface area contributed by atoms with Crippen molar-refractivity contribution in [2.24, 2.45) is 0 Å². The van der Waals surface area contributed by atoms with Gasteiger partial charge >= 0.3 is 6.03 Å². The molecule has 5 nitrogen and oxygen atoms in total. The van der Waals surface area contributed by atoms with Gasteiger partial charge in [0.25, 0.3) is 0 Å². The summed E-state index contributed by atoms with van der Waals surface area (Å²) in [6, 6.07) is 13.0. The van der Waals surface area contributed by atoms with Crippen LogP contribution in [0.4, 0.5) is 16.2 Å². The van der Waals surface area contributed by atoms with Crippen molar-refractivity contribution in [3.05, 3.63) is 48.5 Å². The molecule has 0 atom stereocenters. The molecule has 2 rings (SSSR count). The van der Waals surface area contributed by atoms with Gasteiger partial charge < -0.3 is 20.5 Å². The third kappa shape index (κ3) is 3.38. The fourth-order valence-electron chi connectivity index (χ4n) is 1.54. The molecule has 0 radical (unpaired) electrons. The van der Waals surface area contributed by atoms with Crippen molar-refractivity contribution in [2.75, 3.05) is 17.7 Å². The summed E-state index contributed by atoms with van der Waals surface area (Å²) < 4.78 is 5.02. The zero-order valence-electron chi connectivity index (χ0n) is 10.4. The van der Waals surface area contributed by atoms with Crippen LogP contribution in [0, 0.1) is 0 Å². The second-order valence-corrected chi connectivity index (χ2v) is 3.82. The van der Waals surface area contributed by atoms with E-state index in [1.807, 2.05) is 0 Å². The molecule has 0 unspecified atom stereocenters. The fraction of sp³-hybridized carbons (Fsp3) is 0.0714. The molecule has 0 saturated heterocycles. The number of carbonyl (C=O) groups excluding carboxylic acids is 1. The van der Waals surface area contributed by atoms with Crippen LogP contribution in [0.1, 0.15) is 0 Å². The Morgan fingerprint density at radius 1 is 1.05 bits per heavy atom. The molecule has 0 spiro atoms. The first-order valence-corrected chi connectivity index (χ1v) is 5.69. The quantitative estimate of drug-likeness (QED) is 0.741. The van der Waals surface area contributed by atoms with E-state index in [4.69, 9.17) is 4.74 Å². The Hall–Kier alpha value is -2.69. The lowest BCUT2D eigenvalue weighted by atomic mass is 10.3. The Morgan fingerprint density at radius 2 is 1.74 bits per heavy atom. The van der Waals surface area contributed by atoms with Crippen molar-refractivity contribution < 1.29 is 14.6 Å². The number of methoxy groups -OCH3 is 1. The summed E-state index contributed by atoms with van der Waals surface area (Å²) in [5.74, 6) is 0.735. The van der Waals surface area contributed by atoms with Crippen molar-refractivity contribution in [2.45, 2.75) is 0 Å². The maximum Gasteiger partial charge on any atom is 0.323 e. The van der Waals surface area contributed by atoms with E-state index in [1.54, 1.807) is 49.6 Å². The van der Waals surface area contributed by atoms with E-state index < -0.39 is 6.03 Å². The summed E-state index contributed by atoms with van der Waals surface area (Å²) in [5.41, 5.74) is 0.988. The van der Waals surface area contributed by atoms with Gasteiger partial charge in [-0.1, -0.05) is 12.1 Å². The normalized spacial score (nSPS) is 9.74. The predicted octanol–water partition coefficient (Wildman–Crippen LogP) is 3.04. The number of hydrogen-bond acceptors (Lipinski definition) is 3.